The minimum atomic E-state index is -0.362. The zero-order valence-corrected chi connectivity index (χ0v) is 14.8. The predicted octanol–water partition coefficient (Wildman–Crippen LogP) is 2.34. The van der Waals surface area contributed by atoms with E-state index in [9.17, 15) is 4.79 Å². The molecule has 1 aromatic heterocycles. The van der Waals surface area contributed by atoms with E-state index < -0.39 is 0 Å². The molecular weight excluding hydrogens is 336 g/mol. The Kier molecular flexibility index (Phi) is 5.85. The van der Waals surface area contributed by atoms with Gasteiger partial charge in [-0.25, -0.2) is 9.97 Å². The number of hydrogen-bond acceptors (Lipinski definition) is 7. The Balaban J connectivity index is 1.68. The number of ether oxygens (including phenoxy) is 3. The third-order valence-electron chi connectivity index (χ3n) is 4.05. The van der Waals surface area contributed by atoms with E-state index in [2.05, 4.69) is 20.6 Å². The van der Waals surface area contributed by atoms with Crippen molar-refractivity contribution in [3.05, 3.63) is 36.2 Å². The van der Waals surface area contributed by atoms with Crippen LogP contribution in [0.25, 0.3) is 0 Å². The Bertz CT molecular complexity index is 763. The predicted molar refractivity (Wildman–Crippen MR) is 97.0 cm³/mol. The number of anilines is 2. The van der Waals surface area contributed by atoms with E-state index in [-0.39, 0.29) is 17.7 Å². The van der Waals surface area contributed by atoms with Crippen molar-refractivity contribution in [3.63, 3.8) is 0 Å². The average Bonchev–Trinajstić information content (AvgIpc) is 3.20. The minimum Gasteiger partial charge on any atom is -0.497 e. The van der Waals surface area contributed by atoms with Crippen molar-refractivity contribution in [2.45, 2.75) is 18.9 Å². The number of carbonyl (C=O) groups excluding carboxylic acids is 1. The molecular formula is C18H22N4O4. The van der Waals surface area contributed by atoms with Crippen molar-refractivity contribution in [1.82, 2.24) is 9.97 Å². The summed E-state index contributed by atoms with van der Waals surface area (Å²) in [5, 5.41) is 5.90. The summed E-state index contributed by atoms with van der Waals surface area (Å²) in [6.07, 6.45) is 3.79. The van der Waals surface area contributed by atoms with Crippen molar-refractivity contribution in [2.75, 3.05) is 38.0 Å². The molecule has 0 bridgehead atoms. The van der Waals surface area contributed by atoms with Crippen LogP contribution in [0, 0.1) is 0 Å². The lowest BCUT2D eigenvalue weighted by Crippen LogP contribution is -2.21. The van der Waals surface area contributed by atoms with Gasteiger partial charge in [-0.05, 0) is 31.0 Å². The van der Waals surface area contributed by atoms with Gasteiger partial charge in [0.1, 0.15) is 17.2 Å². The second-order valence-corrected chi connectivity index (χ2v) is 5.80. The van der Waals surface area contributed by atoms with Crippen LogP contribution in [0.3, 0.4) is 0 Å². The van der Waals surface area contributed by atoms with Gasteiger partial charge in [-0.3, -0.25) is 4.79 Å². The van der Waals surface area contributed by atoms with Crippen molar-refractivity contribution < 1.29 is 19.0 Å². The van der Waals surface area contributed by atoms with E-state index >= 15 is 0 Å². The molecule has 1 fully saturated rings. The standard InChI is InChI=1S/C18H22N4O4/c1-24-12-5-6-16(25-2)15(10-12)21-17(23)14-7-8-19-18(22-14)20-11-13-4-3-9-26-13/h5-8,10,13H,3-4,9,11H2,1-2H3,(H,21,23)(H,19,20,22). The summed E-state index contributed by atoms with van der Waals surface area (Å²) in [5.74, 6) is 1.18. The van der Waals surface area contributed by atoms with Gasteiger partial charge in [-0.1, -0.05) is 0 Å². The first-order valence-electron chi connectivity index (χ1n) is 8.41. The summed E-state index contributed by atoms with van der Waals surface area (Å²) in [4.78, 5) is 21.0. The second kappa shape index (κ2) is 8.48. The molecule has 1 aromatic carbocycles. The second-order valence-electron chi connectivity index (χ2n) is 5.80. The maximum absolute atomic E-state index is 12.5. The van der Waals surface area contributed by atoms with E-state index in [1.165, 1.54) is 7.11 Å². The van der Waals surface area contributed by atoms with Crippen LogP contribution in [0.15, 0.2) is 30.5 Å². The fraction of sp³-hybridized carbons (Fsp3) is 0.389. The van der Waals surface area contributed by atoms with E-state index in [0.717, 1.165) is 19.4 Å². The van der Waals surface area contributed by atoms with E-state index in [4.69, 9.17) is 14.2 Å². The molecule has 0 radical (unpaired) electrons. The maximum Gasteiger partial charge on any atom is 0.274 e. The quantitative estimate of drug-likeness (QED) is 0.784. The molecule has 2 heterocycles. The monoisotopic (exact) mass is 358 g/mol. The van der Waals surface area contributed by atoms with Crippen LogP contribution in [0.5, 0.6) is 11.5 Å². The SMILES string of the molecule is COc1ccc(OC)c(NC(=O)c2ccnc(NCC3CCCO3)n2)c1. The van der Waals surface area contributed by atoms with Gasteiger partial charge >= 0.3 is 0 Å². The number of methoxy groups -OCH3 is 2. The molecule has 2 N–H and O–H groups in total. The third-order valence-corrected chi connectivity index (χ3v) is 4.05. The highest BCUT2D eigenvalue weighted by Gasteiger charge is 2.16. The summed E-state index contributed by atoms with van der Waals surface area (Å²) < 4.78 is 16.0. The van der Waals surface area contributed by atoms with Crippen LogP contribution in [-0.2, 0) is 4.74 Å². The highest BCUT2D eigenvalue weighted by atomic mass is 16.5. The van der Waals surface area contributed by atoms with E-state index in [1.54, 1.807) is 37.6 Å². The van der Waals surface area contributed by atoms with Crippen LogP contribution in [0.2, 0.25) is 0 Å². The fourth-order valence-corrected chi connectivity index (χ4v) is 2.68. The Morgan fingerprint density at radius 1 is 1.31 bits per heavy atom. The van der Waals surface area contributed by atoms with Crippen molar-refractivity contribution >= 4 is 17.5 Å². The van der Waals surface area contributed by atoms with Crippen molar-refractivity contribution in [2.24, 2.45) is 0 Å². The molecule has 1 aliphatic heterocycles. The largest absolute Gasteiger partial charge is 0.497 e. The maximum atomic E-state index is 12.5. The molecule has 26 heavy (non-hydrogen) atoms. The number of amides is 1. The van der Waals surface area contributed by atoms with Crippen LogP contribution < -0.4 is 20.1 Å². The van der Waals surface area contributed by atoms with Gasteiger partial charge in [0.2, 0.25) is 5.95 Å². The summed E-state index contributed by atoms with van der Waals surface area (Å²) >= 11 is 0. The molecule has 2 aromatic rings. The zero-order valence-electron chi connectivity index (χ0n) is 14.8. The van der Waals surface area contributed by atoms with Gasteiger partial charge in [-0.2, -0.15) is 0 Å². The molecule has 1 unspecified atom stereocenters. The highest BCUT2D eigenvalue weighted by molar-refractivity contribution is 6.03. The number of benzene rings is 1. The molecule has 1 saturated heterocycles. The molecule has 1 aliphatic rings. The normalized spacial score (nSPS) is 16.2. The van der Waals surface area contributed by atoms with Gasteiger partial charge in [-0.15, -0.1) is 0 Å². The Hall–Kier alpha value is -2.87. The molecule has 138 valence electrons. The van der Waals surface area contributed by atoms with Gasteiger partial charge in [0.15, 0.2) is 0 Å². The summed E-state index contributed by atoms with van der Waals surface area (Å²) in [5.41, 5.74) is 0.754. The molecule has 8 nitrogen and oxygen atoms in total. The Morgan fingerprint density at radius 2 is 2.19 bits per heavy atom. The minimum absolute atomic E-state index is 0.164. The first kappa shape index (κ1) is 17.9. The summed E-state index contributed by atoms with van der Waals surface area (Å²) in [6.45, 7) is 1.41. The Labute approximate surface area is 151 Å². The van der Waals surface area contributed by atoms with Gasteiger partial charge in [0, 0.05) is 25.4 Å². The van der Waals surface area contributed by atoms with Crippen LogP contribution in [0.1, 0.15) is 23.3 Å². The van der Waals surface area contributed by atoms with Gasteiger partial charge in [0.25, 0.3) is 5.91 Å². The lowest BCUT2D eigenvalue weighted by atomic mass is 10.2. The molecule has 0 aliphatic carbocycles. The molecule has 0 spiro atoms. The van der Waals surface area contributed by atoms with Crippen molar-refractivity contribution in [3.8, 4) is 11.5 Å². The lowest BCUT2D eigenvalue weighted by molar-refractivity contribution is 0.102. The van der Waals surface area contributed by atoms with Gasteiger partial charge < -0.3 is 24.8 Å². The molecule has 1 amide bonds. The topological polar surface area (TPSA) is 94.6 Å². The van der Waals surface area contributed by atoms with Crippen LogP contribution in [-0.4, -0.2) is 49.4 Å². The van der Waals surface area contributed by atoms with E-state index in [0.29, 0.717) is 29.7 Å². The smallest absolute Gasteiger partial charge is 0.274 e. The summed E-state index contributed by atoms with van der Waals surface area (Å²) in [6, 6.07) is 6.73. The first-order chi connectivity index (χ1) is 12.7. The van der Waals surface area contributed by atoms with E-state index in [1.807, 2.05) is 0 Å². The Morgan fingerprint density at radius 3 is 2.92 bits per heavy atom. The molecule has 0 saturated carbocycles. The van der Waals surface area contributed by atoms with Crippen LogP contribution >= 0.6 is 0 Å². The number of nitrogens with zero attached hydrogens (tertiary/aromatic N) is 2. The highest BCUT2D eigenvalue weighted by Crippen LogP contribution is 2.29. The number of hydrogen-bond donors (Lipinski definition) is 2. The number of aromatic nitrogens is 2. The summed E-state index contributed by atoms with van der Waals surface area (Å²) in [7, 11) is 3.10. The molecule has 1 atom stereocenters. The first-order valence-corrected chi connectivity index (χ1v) is 8.41. The molecule has 8 heteroatoms. The third kappa shape index (κ3) is 4.40. The fourth-order valence-electron chi connectivity index (χ4n) is 2.68. The number of nitrogens with one attached hydrogen (secondary N) is 2. The number of rotatable bonds is 7. The molecule has 3 rings (SSSR count). The van der Waals surface area contributed by atoms with Crippen molar-refractivity contribution in [1.29, 1.82) is 0 Å². The lowest BCUT2D eigenvalue weighted by Gasteiger charge is -2.13. The van der Waals surface area contributed by atoms with Crippen LogP contribution in [0.4, 0.5) is 11.6 Å². The average molecular weight is 358 g/mol. The number of carbonyl (C=O) groups is 1. The van der Waals surface area contributed by atoms with Gasteiger partial charge in [0.05, 0.1) is 26.0 Å². The zero-order chi connectivity index (χ0) is 18.4.